The number of carbonyl (C=O) groups excluding carboxylic acids is 1. The van der Waals surface area contributed by atoms with Crippen molar-refractivity contribution in [1.29, 1.82) is 0 Å². The van der Waals surface area contributed by atoms with Gasteiger partial charge in [0.2, 0.25) is 5.91 Å². The van der Waals surface area contributed by atoms with Gasteiger partial charge in [-0.15, -0.1) is 0 Å². The predicted molar refractivity (Wildman–Crippen MR) is 110 cm³/mol. The van der Waals surface area contributed by atoms with Gasteiger partial charge in [-0.1, -0.05) is 29.8 Å². The SMILES string of the molecule is O=C(CN1CCOc2ccccc2C1)NCCCc1nc2ccc(Cl)cc2[nH]1. The number of hydrogen-bond donors (Lipinski definition) is 2. The Morgan fingerprint density at radius 2 is 2.18 bits per heavy atom. The fourth-order valence-corrected chi connectivity index (χ4v) is 3.58. The third-order valence-corrected chi connectivity index (χ3v) is 5.04. The number of para-hydroxylation sites is 1. The first-order chi connectivity index (χ1) is 13.7. The predicted octanol–water partition coefficient (Wildman–Crippen LogP) is 3.16. The highest BCUT2D eigenvalue weighted by Crippen LogP contribution is 2.22. The summed E-state index contributed by atoms with van der Waals surface area (Å²) < 4.78 is 5.75. The van der Waals surface area contributed by atoms with Crippen LogP contribution >= 0.6 is 11.6 Å². The molecular weight excluding hydrogens is 376 g/mol. The number of aryl methyl sites for hydroxylation is 1. The highest BCUT2D eigenvalue weighted by molar-refractivity contribution is 6.31. The summed E-state index contributed by atoms with van der Waals surface area (Å²) >= 11 is 6.00. The van der Waals surface area contributed by atoms with Crippen molar-refractivity contribution in [2.75, 3.05) is 26.2 Å². The van der Waals surface area contributed by atoms with Crippen molar-refractivity contribution in [2.24, 2.45) is 0 Å². The zero-order chi connectivity index (χ0) is 19.3. The molecule has 0 saturated carbocycles. The molecule has 1 aliphatic rings. The molecule has 3 aromatic rings. The molecule has 7 heteroatoms. The Morgan fingerprint density at radius 1 is 1.29 bits per heavy atom. The molecule has 2 heterocycles. The smallest absolute Gasteiger partial charge is 0.234 e. The summed E-state index contributed by atoms with van der Waals surface area (Å²) in [5.41, 5.74) is 2.97. The molecular formula is C21H23ClN4O2. The minimum atomic E-state index is 0.0377. The van der Waals surface area contributed by atoms with Gasteiger partial charge in [0.1, 0.15) is 18.2 Å². The van der Waals surface area contributed by atoms with Crippen LogP contribution in [0.15, 0.2) is 42.5 Å². The molecule has 0 radical (unpaired) electrons. The van der Waals surface area contributed by atoms with Crippen LogP contribution in [0, 0.1) is 0 Å². The van der Waals surface area contributed by atoms with Crippen molar-refractivity contribution in [1.82, 2.24) is 20.2 Å². The molecule has 0 atom stereocenters. The van der Waals surface area contributed by atoms with Crippen LogP contribution in [0.3, 0.4) is 0 Å². The number of carbonyl (C=O) groups is 1. The molecule has 0 unspecified atom stereocenters. The maximum absolute atomic E-state index is 12.3. The Bertz CT molecular complexity index is 972. The number of hydrogen-bond acceptors (Lipinski definition) is 4. The number of fused-ring (bicyclic) bond motifs is 2. The minimum absolute atomic E-state index is 0.0377. The van der Waals surface area contributed by atoms with E-state index in [0.717, 1.165) is 54.1 Å². The Kier molecular flexibility index (Phi) is 5.78. The molecule has 0 fully saturated rings. The van der Waals surface area contributed by atoms with Gasteiger partial charge in [0.05, 0.1) is 17.6 Å². The summed E-state index contributed by atoms with van der Waals surface area (Å²) in [6.45, 7) is 3.06. The third kappa shape index (κ3) is 4.64. The average molecular weight is 399 g/mol. The van der Waals surface area contributed by atoms with Gasteiger partial charge in [0.25, 0.3) is 0 Å². The number of imidazole rings is 1. The van der Waals surface area contributed by atoms with Crippen LogP contribution in [-0.4, -0.2) is 47.0 Å². The van der Waals surface area contributed by atoms with Crippen molar-refractivity contribution in [2.45, 2.75) is 19.4 Å². The zero-order valence-electron chi connectivity index (χ0n) is 15.6. The lowest BCUT2D eigenvalue weighted by Gasteiger charge is -2.18. The lowest BCUT2D eigenvalue weighted by atomic mass is 10.2. The first kappa shape index (κ1) is 18.8. The highest BCUT2D eigenvalue weighted by Gasteiger charge is 2.17. The summed E-state index contributed by atoms with van der Waals surface area (Å²) in [5, 5.41) is 3.69. The second kappa shape index (κ2) is 8.63. The molecule has 6 nitrogen and oxygen atoms in total. The number of aromatic amines is 1. The van der Waals surface area contributed by atoms with Gasteiger partial charge in [-0.05, 0) is 30.7 Å². The second-order valence-electron chi connectivity index (χ2n) is 6.97. The van der Waals surface area contributed by atoms with E-state index in [0.29, 0.717) is 24.7 Å². The van der Waals surface area contributed by atoms with Gasteiger partial charge in [-0.2, -0.15) is 0 Å². The molecule has 1 amide bonds. The highest BCUT2D eigenvalue weighted by atomic mass is 35.5. The number of aromatic nitrogens is 2. The molecule has 28 heavy (non-hydrogen) atoms. The van der Waals surface area contributed by atoms with Crippen molar-refractivity contribution in [3.63, 3.8) is 0 Å². The van der Waals surface area contributed by atoms with E-state index < -0.39 is 0 Å². The molecule has 1 aliphatic heterocycles. The van der Waals surface area contributed by atoms with Gasteiger partial charge in [0.15, 0.2) is 0 Å². The first-order valence-corrected chi connectivity index (χ1v) is 9.89. The van der Waals surface area contributed by atoms with E-state index in [1.807, 2.05) is 42.5 Å². The molecule has 0 saturated heterocycles. The summed E-state index contributed by atoms with van der Waals surface area (Å²) in [6, 6.07) is 13.6. The van der Waals surface area contributed by atoms with Crippen LogP contribution < -0.4 is 10.1 Å². The number of ether oxygens (including phenoxy) is 1. The van der Waals surface area contributed by atoms with Crippen molar-refractivity contribution < 1.29 is 9.53 Å². The largest absolute Gasteiger partial charge is 0.492 e. The molecule has 4 rings (SSSR count). The summed E-state index contributed by atoms with van der Waals surface area (Å²) in [4.78, 5) is 22.2. The number of halogens is 1. The van der Waals surface area contributed by atoms with E-state index >= 15 is 0 Å². The number of nitrogens with zero attached hydrogens (tertiary/aromatic N) is 2. The van der Waals surface area contributed by atoms with Gasteiger partial charge in [-0.25, -0.2) is 4.98 Å². The Balaban J connectivity index is 1.22. The fourth-order valence-electron chi connectivity index (χ4n) is 3.41. The summed E-state index contributed by atoms with van der Waals surface area (Å²) in [6.07, 6.45) is 1.60. The van der Waals surface area contributed by atoms with E-state index in [1.54, 1.807) is 0 Å². The average Bonchev–Trinajstić information content (AvgIpc) is 2.96. The monoisotopic (exact) mass is 398 g/mol. The van der Waals surface area contributed by atoms with Crippen molar-refractivity contribution in [3.05, 3.63) is 58.9 Å². The van der Waals surface area contributed by atoms with Gasteiger partial charge in [0, 0.05) is 36.6 Å². The first-order valence-electron chi connectivity index (χ1n) is 9.51. The maximum atomic E-state index is 12.3. The van der Waals surface area contributed by atoms with Crippen LogP contribution in [0.5, 0.6) is 5.75 Å². The van der Waals surface area contributed by atoms with Crippen LogP contribution in [0.1, 0.15) is 17.8 Å². The van der Waals surface area contributed by atoms with E-state index in [1.165, 1.54) is 0 Å². The van der Waals surface area contributed by atoms with Gasteiger partial charge >= 0.3 is 0 Å². The Hall–Kier alpha value is -2.57. The van der Waals surface area contributed by atoms with E-state index in [4.69, 9.17) is 16.3 Å². The maximum Gasteiger partial charge on any atom is 0.234 e. The van der Waals surface area contributed by atoms with E-state index in [2.05, 4.69) is 20.2 Å². The molecule has 146 valence electrons. The topological polar surface area (TPSA) is 70.2 Å². The Morgan fingerprint density at radius 3 is 3.11 bits per heavy atom. The number of benzene rings is 2. The van der Waals surface area contributed by atoms with Crippen molar-refractivity contribution >= 4 is 28.5 Å². The summed E-state index contributed by atoms with van der Waals surface area (Å²) in [7, 11) is 0. The molecule has 0 spiro atoms. The quantitative estimate of drug-likeness (QED) is 0.626. The number of amides is 1. The van der Waals surface area contributed by atoms with Crippen LogP contribution in [0.4, 0.5) is 0 Å². The molecule has 0 aliphatic carbocycles. The van der Waals surface area contributed by atoms with Crippen LogP contribution in [-0.2, 0) is 17.8 Å². The number of nitrogens with one attached hydrogen (secondary N) is 2. The van der Waals surface area contributed by atoms with E-state index in [-0.39, 0.29) is 5.91 Å². The third-order valence-electron chi connectivity index (χ3n) is 4.80. The van der Waals surface area contributed by atoms with Crippen LogP contribution in [0.2, 0.25) is 5.02 Å². The van der Waals surface area contributed by atoms with Gasteiger partial charge in [-0.3, -0.25) is 9.69 Å². The lowest BCUT2D eigenvalue weighted by molar-refractivity contribution is -0.122. The molecule has 2 N–H and O–H groups in total. The van der Waals surface area contributed by atoms with Crippen molar-refractivity contribution in [3.8, 4) is 5.75 Å². The second-order valence-corrected chi connectivity index (χ2v) is 7.40. The standard InChI is InChI=1S/C21H23ClN4O2/c22-16-7-8-17-18(12-16)25-20(24-17)6-3-9-23-21(27)14-26-10-11-28-19-5-2-1-4-15(19)13-26/h1-2,4-5,7-8,12H,3,6,9-11,13-14H2,(H,23,27)(H,24,25). The van der Waals surface area contributed by atoms with Crippen LogP contribution in [0.25, 0.3) is 11.0 Å². The van der Waals surface area contributed by atoms with E-state index in [9.17, 15) is 4.79 Å². The normalized spacial score (nSPS) is 14.3. The summed E-state index contributed by atoms with van der Waals surface area (Å²) in [5.74, 6) is 1.86. The zero-order valence-corrected chi connectivity index (χ0v) is 16.3. The lowest BCUT2D eigenvalue weighted by Crippen LogP contribution is -2.38. The minimum Gasteiger partial charge on any atom is -0.492 e. The number of H-pyrrole nitrogens is 1. The molecule has 2 aromatic carbocycles. The Labute approximate surface area is 168 Å². The van der Waals surface area contributed by atoms with Gasteiger partial charge < -0.3 is 15.0 Å². The molecule has 0 bridgehead atoms. The number of rotatable bonds is 6. The fraction of sp³-hybridized carbons (Fsp3) is 0.333. The molecule has 1 aromatic heterocycles.